The molecule has 1 aliphatic rings. The zero-order valence-corrected chi connectivity index (χ0v) is 10.1. The molecule has 0 spiro atoms. The zero-order chi connectivity index (χ0) is 9.42. The summed E-state index contributed by atoms with van der Waals surface area (Å²) in [7, 11) is 0. The van der Waals surface area contributed by atoms with Crippen molar-refractivity contribution in [3.8, 4) is 0 Å². The van der Waals surface area contributed by atoms with E-state index in [1.165, 1.54) is 12.8 Å². The molecule has 1 aromatic heterocycles. The molecule has 5 heteroatoms. The molecule has 2 N–H and O–H groups in total. The molecule has 3 nitrogen and oxygen atoms in total. The smallest absolute Gasteiger partial charge is 0.157 e. The predicted octanol–water partition coefficient (Wildman–Crippen LogP) is 2.54. The fraction of sp³-hybridized carbons (Fsp3) is 0.500. The third kappa shape index (κ3) is 2.20. The third-order valence-electron chi connectivity index (χ3n) is 2.08. The van der Waals surface area contributed by atoms with E-state index in [4.69, 9.17) is 5.73 Å². The van der Waals surface area contributed by atoms with E-state index in [1.54, 1.807) is 0 Å². The van der Waals surface area contributed by atoms with E-state index in [0.29, 0.717) is 10.4 Å². The SMILES string of the molecule is Nc1nc(CC2CC2)c(Br)nc1Br. The summed E-state index contributed by atoms with van der Waals surface area (Å²) < 4.78 is 1.42. The van der Waals surface area contributed by atoms with Crippen LogP contribution in [0.2, 0.25) is 0 Å². The Morgan fingerprint density at radius 2 is 1.92 bits per heavy atom. The van der Waals surface area contributed by atoms with E-state index >= 15 is 0 Å². The highest BCUT2D eigenvalue weighted by molar-refractivity contribution is 9.11. The third-order valence-corrected chi connectivity index (χ3v) is 3.30. The molecule has 1 fully saturated rings. The molecule has 0 atom stereocenters. The highest BCUT2D eigenvalue weighted by Gasteiger charge is 2.24. The van der Waals surface area contributed by atoms with Gasteiger partial charge in [-0.1, -0.05) is 0 Å². The van der Waals surface area contributed by atoms with Crippen molar-refractivity contribution in [1.29, 1.82) is 0 Å². The molecule has 0 aromatic carbocycles. The largest absolute Gasteiger partial charge is 0.381 e. The fourth-order valence-corrected chi connectivity index (χ4v) is 2.10. The molecular weight excluding hydrogens is 298 g/mol. The average molecular weight is 307 g/mol. The van der Waals surface area contributed by atoms with Crippen molar-refractivity contribution in [2.75, 3.05) is 5.73 Å². The molecule has 70 valence electrons. The molecular formula is C8H9Br2N3. The molecule has 13 heavy (non-hydrogen) atoms. The Hall–Kier alpha value is -0.160. The molecule has 0 bridgehead atoms. The molecule has 0 radical (unpaired) electrons. The van der Waals surface area contributed by atoms with Crippen LogP contribution in [0.1, 0.15) is 18.5 Å². The summed E-state index contributed by atoms with van der Waals surface area (Å²) in [4.78, 5) is 8.47. The first-order valence-electron chi connectivity index (χ1n) is 4.14. The van der Waals surface area contributed by atoms with Crippen LogP contribution in [-0.2, 0) is 6.42 Å². The van der Waals surface area contributed by atoms with E-state index in [9.17, 15) is 0 Å². The first kappa shape index (κ1) is 9.40. The lowest BCUT2D eigenvalue weighted by Crippen LogP contribution is -2.02. The zero-order valence-electron chi connectivity index (χ0n) is 6.93. The van der Waals surface area contributed by atoms with Crippen LogP contribution in [0.4, 0.5) is 5.82 Å². The van der Waals surface area contributed by atoms with Crippen LogP contribution >= 0.6 is 31.9 Å². The van der Waals surface area contributed by atoms with E-state index in [1.807, 2.05) is 0 Å². The topological polar surface area (TPSA) is 51.8 Å². The number of aromatic nitrogens is 2. The molecule has 0 saturated heterocycles. The summed E-state index contributed by atoms with van der Waals surface area (Å²) >= 11 is 6.61. The normalized spacial score (nSPS) is 16.2. The van der Waals surface area contributed by atoms with Gasteiger partial charge in [-0.3, -0.25) is 0 Å². The maximum Gasteiger partial charge on any atom is 0.157 e. The van der Waals surface area contributed by atoms with Crippen LogP contribution in [0, 0.1) is 5.92 Å². The maximum absolute atomic E-state index is 5.64. The van der Waals surface area contributed by atoms with Gasteiger partial charge in [-0.2, -0.15) is 0 Å². The summed E-state index contributed by atoms with van der Waals surface area (Å²) in [6.07, 6.45) is 3.61. The Labute approximate surface area is 93.4 Å². The van der Waals surface area contributed by atoms with Crippen molar-refractivity contribution in [2.45, 2.75) is 19.3 Å². The highest BCUT2D eigenvalue weighted by atomic mass is 79.9. The van der Waals surface area contributed by atoms with Gasteiger partial charge in [-0.25, -0.2) is 9.97 Å². The van der Waals surface area contributed by atoms with Crippen molar-refractivity contribution in [3.05, 3.63) is 14.9 Å². The fourth-order valence-electron chi connectivity index (χ4n) is 1.17. The molecule has 0 amide bonds. The van der Waals surface area contributed by atoms with E-state index in [2.05, 4.69) is 41.8 Å². The monoisotopic (exact) mass is 305 g/mol. The summed E-state index contributed by atoms with van der Waals surface area (Å²) in [5.41, 5.74) is 6.62. The van der Waals surface area contributed by atoms with Crippen molar-refractivity contribution in [2.24, 2.45) is 5.92 Å². The molecule has 0 aliphatic heterocycles. The van der Waals surface area contributed by atoms with Crippen LogP contribution in [0.3, 0.4) is 0 Å². The van der Waals surface area contributed by atoms with Crippen LogP contribution in [0.15, 0.2) is 9.21 Å². The average Bonchev–Trinajstić information content (AvgIpc) is 2.84. The van der Waals surface area contributed by atoms with Gasteiger partial charge in [0.05, 0.1) is 5.69 Å². The molecule has 1 aromatic rings. The van der Waals surface area contributed by atoms with Crippen molar-refractivity contribution >= 4 is 37.7 Å². The minimum atomic E-state index is 0.471. The quantitative estimate of drug-likeness (QED) is 0.913. The summed E-state index contributed by atoms with van der Waals surface area (Å²) in [6.45, 7) is 0. The lowest BCUT2D eigenvalue weighted by atomic mass is 10.2. The maximum atomic E-state index is 5.64. The molecule has 2 rings (SSSR count). The predicted molar refractivity (Wildman–Crippen MR) is 58.3 cm³/mol. The van der Waals surface area contributed by atoms with E-state index < -0.39 is 0 Å². The molecule has 1 aliphatic carbocycles. The van der Waals surface area contributed by atoms with Crippen molar-refractivity contribution < 1.29 is 0 Å². The number of rotatable bonds is 2. The number of anilines is 1. The minimum Gasteiger partial charge on any atom is -0.381 e. The summed E-state index contributed by atoms with van der Waals surface area (Å²) in [5, 5.41) is 0. The van der Waals surface area contributed by atoms with Crippen LogP contribution in [0.25, 0.3) is 0 Å². The number of hydrogen-bond acceptors (Lipinski definition) is 3. The second kappa shape index (κ2) is 3.53. The number of hydrogen-bond donors (Lipinski definition) is 1. The van der Waals surface area contributed by atoms with E-state index in [-0.39, 0.29) is 0 Å². The van der Waals surface area contributed by atoms with Gasteiger partial charge in [0.25, 0.3) is 0 Å². The van der Waals surface area contributed by atoms with Gasteiger partial charge in [0.1, 0.15) is 9.21 Å². The first-order chi connectivity index (χ1) is 6.16. The number of nitrogens with zero attached hydrogens (tertiary/aromatic N) is 2. The van der Waals surface area contributed by atoms with Gasteiger partial charge in [-0.05, 0) is 57.0 Å². The number of halogens is 2. The van der Waals surface area contributed by atoms with Gasteiger partial charge >= 0.3 is 0 Å². The van der Waals surface area contributed by atoms with Gasteiger partial charge < -0.3 is 5.73 Å². The Kier molecular flexibility index (Phi) is 2.55. The lowest BCUT2D eigenvalue weighted by Gasteiger charge is -2.04. The molecule has 1 heterocycles. The molecule has 1 saturated carbocycles. The Balaban J connectivity index is 2.27. The first-order valence-corrected chi connectivity index (χ1v) is 5.73. The van der Waals surface area contributed by atoms with E-state index in [0.717, 1.165) is 22.6 Å². The van der Waals surface area contributed by atoms with Crippen LogP contribution in [-0.4, -0.2) is 9.97 Å². The van der Waals surface area contributed by atoms with Gasteiger partial charge in [0, 0.05) is 0 Å². The highest BCUT2D eigenvalue weighted by Crippen LogP contribution is 2.34. The second-order valence-electron chi connectivity index (χ2n) is 3.28. The number of nitrogens with two attached hydrogens (primary N) is 1. The number of nitrogen functional groups attached to an aromatic ring is 1. The van der Waals surface area contributed by atoms with Gasteiger partial charge in [0.15, 0.2) is 5.82 Å². The summed E-state index contributed by atoms with van der Waals surface area (Å²) in [5.74, 6) is 1.27. The Bertz CT molecular complexity index is 336. The van der Waals surface area contributed by atoms with Crippen molar-refractivity contribution in [3.63, 3.8) is 0 Å². The Morgan fingerprint density at radius 1 is 1.23 bits per heavy atom. The van der Waals surface area contributed by atoms with Gasteiger partial charge in [-0.15, -0.1) is 0 Å². The second-order valence-corrected chi connectivity index (χ2v) is 4.79. The summed E-state index contributed by atoms with van der Waals surface area (Å²) in [6, 6.07) is 0. The minimum absolute atomic E-state index is 0.471. The molecule has 0 unspecified atom stereocenters. The standard InChI is InChI=1S/C8H9Br2N3/c9-6-5(3-4-1-2-4)12-8(11)7(10)13-6/h4H,1-3H2,(H2,11,12). The lowest BCUT2D eigenvalue weighted by molar-refractivity contribution is 0.790. The van der Waals surface area contributed by atoms with Crippen molar-refractivity contribution in [1.82, 2.24) is 9.97 Å². The van der Waals surface area contributed by atoms with Crippen LogP contribution < -0.4 is 5.73 Å². The van der Waals surface area contributed by atoms with Gasteiger partial charge in [0.2, 0.25) is 0 Å². The van der Waals surface area contributed by atoms with Crippen LogP contribution in [0.5, 0.6) is 0 Å². The Morgan fingerprint density at radius 3 is 2.54 bits per heavy atom.